The maximum Gasteiger partial charge on any atom is 0.258 e. The van der Waals surface area contributed by atoms with Crippen LogP contribution in [0.4, 0.5) is 23.1 Å². The molecule has 3 heterocycles. The van der Waals surface area contributed by atoms with Crippen molar-refractivity contribution in [1.29, 1.82) is 0 Å². The molecule has 9 nitrogen and oxygen atoms in total. The van der Waals surface area contributed by atoms with Crippen LogP contribution in [-0.2, 0) is 0 Å². The number of carbonyl (C=O) groups excluding carboxylic acids is 1. The number of anilines is 4. The van der Waals surface area contributed by atoms with E-state index in [1.807, 2.05) is 30.0 Å². The van der Waals surface area contributed by atoms with Crippen LogP contribution in [0.2, 0.25) is 0 Å². The van der Waals surface area contributed by atoms with Crippen LogP contribution in [0.1, 0.15) is 54.6 Å². The van der Waals surface area contributed by atoms with Gasteiger partial charge in [-0.05, 0) is 69.1 Å². The van der Waals surface area contributed by atoms with Gasteiger partial charge in [0.2, 0.25) is 5.95 Å². The van der Waals surface area contributed by atoms with Crippen molar-refractivity contribution in [2.75, 3.05) is 58.4 Å². The molecule has 1 spiro atoms. The van der Waals surface area contributed by atoms with Crippen molar-refractivity contribution < 1.29 is 15.0 Å². The Morgan fingerprint density at radius 1 is 1.14 bits per heavy atom. The summed E-state index contributed by atoms with van der Waals surface area (Å²) in [6, 6.07) is 7.58. The lowest BCUT2D eigenvalue weighted by atomic mass is 9.93. The maximum atomic E-state index is 13.5. The minimum absolute atomic E-state index is 0.107. The van der Waals surface area contributed by atoms with Crippen LogP contribution in [-0.4, -0.2) is 70.7 Å². The molecule has 2 aliphatic heterocycles. The smallest absolute Gasteiger partial charge is 0.258 e. The van der Waals surface area contributed by atoms with Crippen LogP contribution in [0.5, 0.6) is 0 Å². The number of carbonyl (C=O) groups is 1. The molecular formula is C26H36N6O3S. The van der Waals surface area contributed by atoms with E-state index >= 15 is 0 Å². The zero-order valence-electron chi connectivity index (χ0n) is 20.9. The SMILES string of the molecule is Cc1cc(NC(=O)c2ccc(NSCCO)cc2N2CCC3(CC2)CC3)nc(N2CCCC(O)C2)n1. The van der Waals surface area contributed by atoms with E-state index in [0.717, 1.165) is 49.5 Å². The molecule has 3 fully saturated rings. The van der Waals surface area contributed by atoms with E-state index in [1.54, 1.807) is 6.07 Å². The van der Waals surface area contributed by atoms with Crippen molar-refractivity contribution >= 4 is 41.0 Å². The molecule has 1 amide bonds. The number of hydrogen-bond acceptors (Lipinski definition) is 9. The summed E-state index contributed by atoms with van der Waals surface area (Å²) in [5, 5.41) is 22.2. The molecule has 1 unspecified atom stereocenters. The Kier molecular flexibility index (Phi) is 7.55. The van der Waals surface area contributed by atoms with Crippen molar-refractivity contribution in [2.24, 2.45) is 5.41 Å². The first-order chi connectivity index (χ1) is 17.4. The number of rotatable bonds is 8. The number of aliphatic hydroxyl groups is 2. The van der Waals surface area contributed by atoms with Gasteiger partial charge in [-0.3, -0.25) is 4.79 Å². The van der Waals surface area contributed by atoms with Gasteiger partial charge in [-0.1, -0.05) is 11.9 Å². The predicted molar refractivity (Wildman–Crippen MR) is 145 cm³/mol. The van der Waals surface area contributed by atoms with E-state index in [2.05, 4.69) is 24.9 Å². The average molecular weight is 513 g/mol. The summed E-state index contributed by atoms with van der Waals surface area (Å²) < 4.78 is 3.28. The minimum Gasteiger partial charge on any atom is -0.395 e. The summed E-state index contributed by atoms with van der Waals surface area (Å²) in [6.45, 7) is 5.18. The van der Waals surface area contributed by atoms with Gasteiger partial charge < -0.3 is 30.1 Å². The molecule has 4 N–H and O–H groups in total. The Hall–Kier alpha value is -2.56. The van der Waals surface area contributed by atoms with Gasteiger partial charge in [-0.15, -0.1) is 0 Å². The number of amides is 1. The minimum atomic E-state index is -0.384. The molecule has 5 rings (SSSR count). The molecule has 3 aliphatic rings. The maximum absolute atomic E-state index is 13.5. The highest BCUT2D eigenvalue weighted by atomic mass is 32.2. The molecule has 36 heavy (non-hydrogen) atoms. The molecule has 0 radical (unpaired) electrons. The zero-order valence-corrected chi connectivity index (χ0v) is 21.7. The van der Waals surface area contributed by atoms with Crippen molar-refractivity contribution in [1.82, 2.24) is 9.97 Å². The van der Waals surface area contributed by atoms with Crippen LogP contribution in [0.25, 0.3) is 0 Å². The largest absolute Gasteiger partial charge is 0.395 e. The fourth-order valence-corrected chi connectivity index (χ4v) is 5.69. The second-order valence-electron chi connectivity index (χ2n) is 10.3. The van der Waals surface area contributed by atoms with E-state index in [-0.39, 0.29) is 18.6 Å². The lowest BCUT2D eigenvalue weighted by Crippen LogP contribution is -2.39. The Bertz CT molecular complexity index is 1090. The summed E-state index contributed by atoms with van der Waals surface area (Å²) in [5.41, 5.74) is 3.76. The number of aryl methyl sites for hydroxylation is 1. The van der Waals surface area contributed by atoms with Gasteiger partial charge in [-0.2, -0.15) is 4.98 Å². The fourth-order valence-electron chi connectivity index (χ4n) is 5.21. The number of aromatic nitrogens is 2. The number of aliphatic hydroxyl groups excluding tert-OH is 2. The molecule has 1 saturated carbocycles. The summed E-state index contributed by atoms with van der Waals surface area (Å²) in [7, 11) is 0. The third-order valence-corrected chi connectivity index (χ3v) is 8.28. The Balaban J connectivity index is 1.36. The van der Waals surface area contributed by atoms with Gasteiger partial charge in [0.15, 0.2) is 0 Å². The van der Waals surface area contributed by atoms with E-state index in [0.29, 0.717) is 35.0 Å². The molecule has 0 bridgehead atoms. The second kappa shape index (κ2) is 10.8. The van der Waals surface area contributed by atoms with Crippen molar-refractivity contribution in [2.45, 2.75) is 51.6 Å². The third-order valence-electron chi connectivity index (χ3n) is 7.51. The van der Waals surface area contributed by atoms with Crippen LogP contribution in [0.3, 0.4) is 0 Å². The third kappa shape index (κ3) is 5.87. The second-order valence-corrected chi connectivity index (χ2v) is 11.2. The number of β-amino-alcohol motifs (C(OH)–C–C–N with tert-alkyl or cyclic N) is 1. The molecule has 10 heteroatoms. The summed E-state index contributed by atoms with van der Waals surface area (Å²) in [4.78, 5) is 27.0. The lowest BCUT2D eigenvalue weighted by molar-refractivity contribution is 0.102. The van der Waals surface area contributed by atoms with Crippen molar-refractivity contribution in [3.63, 3.8) is 0 Å². The number of nitrogens with one attached hydrogen (secondary N) is 2. The normalized spacial score (nSPS) is 20.9. The number of hydrogen-bond donors (Lipinski definition) is 4. The Morgan fingerprint density at radius 3 is 2.67 bits per heavy atom. The van der Waals surface area contributed by atoms with E-state index in [1.165, 1.54) is 37.6 Å². The number of piperidine rings is 2. The number of benzene rings is 1. The fraction of sp³-hybridized carbons (Fsp3) is 0.577. The van der Waals surface area contributed by atoms with E-state index < -0.39 is 0 Å². The van der Waals surface area contributed by atoms with Gasteiger partial charge in [0, 0.05) is 49.4 Å². The molecule has 1 aromatic heterocycles. The zero-order chi connectivity index (χ0) is 25.1. The standard InChI is InChI=1S/C26H36N6O3S/c1-18-15-23(29-25(27-18)32-10-2-3-20(34)17-32)28-24(35)21-5-4-19(30-36-14-13-33)16-22(21)31-11-8-26(6-7-26)9-12-31/h4-5,15-16,20,30,33-34H,2-3,6-14,17H2,1H3,(H,27,28,29,35). The highest BCUT2D eigenvalue weighted by Crippen LogP contribution is 2.54. The van der Waals surface area contributed by atoms with Crippen molar-refractivity contribution in [3.05, 3.63) is 35.5 Å². The van der Waals surface area contributed by atoms with Gasteiger partial charge in [0.1, 0.15) is 5.82 Å². The van der Waals surface area contributed by atoms with Crippen LogP contribution in [0, 0.1) is 12.3 Å². The summed E-state index contributed by atoms with van der Waals surface area (Å²) in [6.07, 6.45) is 6.29. The molecule has 1 aromatic carbocycles. The number of nitrogens with zero attached hydrogens (tertiary/aromatic N) is 4. The van der Waals surface area contributed by atoms with E-state index in [4.69, 9.17) is 5.11 Å². The van der Waals surface area contributed by atoms with Crippen LogP contribution in [0.15, 0.2) is 24.3 Å². The van der Waals surface area contributed by atoms with E-state index in [9.17, 15) is 9.90 Å². The molecular weight excluding hydrogens is 476 g/mol. The van der Waals surface area contributed by atoms with Crippen molar-refractivity contribution in [3.8, 4) is 0 Å². The topological polar surface area (TPSA) is 114 Å². The lowest BCUT2D eigenvalue weighted by Gasteiger charge is -2.35. The van der Waals surface area contributed by atoms with Crippen LogP contribution >= 0.6 is 11.9 Å². The Morgan fingerprint density at radius 2 is 1.94 bits per heavy atom. The Labute approximate surface area is 216 Å². The molecule has 2 aromatic rings. The highest BCUT2D eigenvalue weighted by Gasteiger charge is 2.44. The molecule has 194 valence electrons. The molecule has 2 saturated heterocycles. The van der Waals surface area contributed by atoms with Crippen LogP contribution < -0.4 is 19.8 Å². The average Bonchev–Trinajstić information content (AvgIpc) is 3.63. The first-order valence-corrected chi connectivity index (χ1v) is 13.9. The predicted octanol–water partition coefficient (Wildman–Crippen LogP) is 3.43. The first kappa shape index (κ1) is 25.1. The summed E-state index contributed by atoms with van der Waals surface area (Å²) in [5.74, 6) is 1.39. The molecule has 1 atom stereocenters. The van der Waals surface area contributed by atoms with Gasteiger partial charge >= 0.3 is 0 Å². The van der Waals surface area contributed by atoms with Gasteiger partial charge in [0.25, 0.3) is 5.91 Å². The van der Waals surface area contributed by atoms with Gasteiger partial charge in [-0.25, -0.2) is 4.98 Å². The quantitative estimate of drug-likeness (QED) is 0.312. The summed E-state index contributed by atoms with van der Waals surface area (Å²) >= 11 is 1.45. The molecule has 1 aliphatic carbocycles. The monoisotopic (exact) mass is 512 g/mol. The van der Waals surface area contributed by atoms with Gasteiger partial charge in [0.05, 0.1) is 24.0 Å². The first-order valence-electron chi connectivity index (χ1n) is 12.9. The highest BCUT2D eigenvalue weighted by molar-refractivity contribution is 8.00.